The van der Waals surface area contributed by atoms with Gasteiger partial charge in [-0.1, -0.05) is 6.92 Å². The second kappa shape index (κ2) is 6.62. The van der Waals surface area contributed by atoms with Crippen molar-refractivity contribution in [1.82, 2.24) is 15.0 Å². The van der Waals surface area contributed by atoms with E-state index < -0.39 is 0 Å². The number of aromatic nitrogens is 3. The van der Waals surface area contributed by atoms with Crippen LogP contribution in [0.2, 0.25) is 0 Å². The summed E-state index contributed by atoms with van der Waals surface area (Å²) in [6.07, 6.45) is 0.917. The molecule has 2 rings (SSSR count). The van der Waals surface area contributed by atoms with Gasteiger partial charge in [-0.05, 0) is 32.4 Å². The van der Waals surface area contributed by atoms with Crippen molar-refractivity contribution >= 4 is 29.1 Å². The van der Waals surface area contributed by atoms with E-state index in [2.05, 4.69) is 51.6 Å². The summed E-state index contributed by atoms with van der Waals surface area (Å²) in [4.78, 5) is 26.2. The SMILES string of the molecule is CCC(Nc1nc(C)nc(NC(C)=O)n1)c1ccc(C)s1. The van der Waals surface area contributed by atoms with Crippen LogP contribution in [0.5, 0.6) is 0 Å². The van der Waals surface area contributed by atoms with Gasteiger partial charge in [0, 0.05) is 16.7 Å². The molecule has 0 fully saturated rings. The van der Waals surface area contributed by atoms with E-state index in [1.54, 1.807) is 18.3 Å². The van der Waals surface area contributed by atoms with Gasteiger partial charge in [-0.25, -0.2) is 0 Å². The third-order valence-corrected chi connectivity index (χ3v) is 3.97. The average molecular weight is 305 g/mol. The summed E-state index contributed by atoms with van der Waals surface area (Å²) >= 11 is 1.76. The van der Waals surface area contributed by atoms with E-state index in [-0.39, 0.29) is 17.9 Å². The van der Waals surface area contributed by atoms with Crippen LogP contribution < -0.4 is 10.6 Å². The summed E-state index contributed by atoms with van der Waals surface area (Å²) in [7, 11) is 0. The molecule has 0 spiro atoms. The van der Waals surface area contributed by atoms with E-state index >= 15 is 0 Å². The molecule has 6 nitrogen and oxygen atoms in total. The topological polar surface area (TPSA) is 79.8 Å². The van der Waals surface area contributed by atoms with E-state index in [1.165, 1.54) is 16.7 Å². The molecule has 0 saturated carbocycles. The lowest BCUT2D eigenvalue weighted by atomic mass is 10.2. The first-order valence-corrected chi connectivity index (χ1v) is 7.62. The van der Waals surface area contributed by atoms with E-state index in [9.17, 15) is 4.79 Å². The van der Waals surface area contributed by atoms with Gasteiger partial charge >= 0.3 is 0 Å². The Bertz CT molecular complexity index is 640. The van der Waals surface area contributed by atoms with Gasteiger partial charge in [0.25, 0.3) is 0 Å². The van der Waals surface area contributed by atoms with Gasteiger partial charge < -0.3 is 5.32 Å². The van der Waals surface area contributed by atoms with E-state index in [0.29, 0.717) is 11.8 Å². The summed E-state index contributed by atoms with van der Waals surface area (Å²) in [6.45, 7) is 7.39. The van der Waals surface area contributed by atoms with E-state index in [0.717, 1.165) is 6.42 Å². The molecule has 0 bridgehead atoms. The van der Waals surface area contributed by atoms with Gasteiger partial charge in [-0.3, -0.25) is 10.1 Å². The predicted molar refractivity (Wildman–Crippen MR) is 84.6 cm³/mol. The largest absolute Gasteiger partial charge is 0.346 e. The standard InChI is InChI=1S/C14H19N5OS/c1-5-11(12-7-6-8(2)21-12)18-14-16-9(3)15-13(19-14)17-10(4)20/h6-7,11H,5H2,1-4H3,(H2,15,16,17,18,19,20). The molecule has 0 aliphatic heterocycles. The van der Waals surface area contributed by atoms with Crippen molar-refractivity contribution in [3.8, 4) is 0 Å². The fourth-order valence-corrected chi connectivity index (χ4v) is 2.94. The molecule has 0 aliphatic rings. The number of thiophene rings is 1. The molecule has 21 heavy (non-hydrogen) atoms. The molecule has 0 radical (unpaired) electrons. The highest BCUT2D eigenvalue weighted by atomic mass is 32.1. The number of aryl methyl sites for hydroxylation is 2. The molecule has 1 atom stereocenters. The zero-order chi connectivity index (χ0) is 15.4. The molecular weight excluding hydrogens is 286 g/mol. The average Bonchev–Trinajstić information content (AvgIpc) is 2.81. The van der Waals surface area contributed by atoms with Crippen molar-refractivity contribution in [2.45, 2.75) is 40.2 Å². The van der Waals surface area contributed by atoms with E-state index in [1.807, 2.05) is 0 Å². The number of rotatable bonds is 5. The Kier molecular flexibility index (Phi) is 4.85. The molecule has 112 valence electrons. The highest BCUT2D eigenvalue weighted by molar-refractivity contribution is 7.12. The molecule has 0 saturated heterocycles. The number of carbonyl (C=O) groups excluding carboxylic acids is 1. The molecule has 0 aromatic carbocycles. The van der Waals surface area contributed by atoms with Crippen LogP contribution in [-0.4, -0.2) is 20.9 Å². The maximum absolute atomic E-state index is 11.1. The number of hydrogen-bond donors (Lipinski definition) is 2. The molecule has 2 aromatic heterocycles. The van der Waals surface area contributed by atoms with Crippen LogP contribution in [0.1, 0.15) is 41.9 Å². The Hall–Kier alpha value is -2.02. The van der Waals surface area contributed by atoms with E-state index in [4.69, 9.17) is 0 Å². The molecule has 2 heterocycles. The Balaban J connectivity index is 2.20. The van der Waals surface area contributed by atoms with Gasteiger partial charge in [-0.2, -0.15) is 15.0 Å². The first-order valence-electron chi connectivity index (χ1n) is 6.81. The summed E-state index contributed by atoms with van der Waals surface area (Å²) in [5, 5.41) is 5.89. The Labute approximate surface area is 128 Å². The molecule has 0 aliphatic carbocycles. The van der Waals surface area contributed by atoms with Crippen LogP contribution in [0.3, 0.4) is 0 Å². The Morgan fingerprint density at radius 1 is 1.24 bits per heavy atom. The molecule has 1 amide bonds. The predicted octanol–water partition coefficient (Wildman–Crippen LogP) is 3.07. The number of nitrogens with zero attached hydrogens (tertiary/aromatic N) is 3. The van der Waals surface area contributed by atoms with Crippen LogP contribution in [0.4, 0.5) is 11.9 Å². The number of hydrogen-bond acceptors (Lipinski definition) is 6. The molecule has 7 heteroatoms. The van der Waals surface area contributed by atoms with Gasteiger partial charge in [0.1, 0.15) is 5.82 Å². The monoisotopic (exact) mass is 305 g/mol. The highest BCUT2D eigenvalue weighted by Crippen LogP contribution is 2.27. The lowest BCUT2D eigenvalue weighted by molar-refractivity contribution is -0.114. The van der Waals surface area contributed by atoms with Crippen LogP contribution in [-0.2, 0) is 4.79 Å². The second-order valence-corrected chi connectivity index (χ2v) is 6.08. The Morgan fingerprint density at radius 2 is 1.95 bits per heavy atom. The third-order valence-electron chi connectivity index (χ3n) is 2.85. The van der Waals surface area contributed by atoms with Crippen LogP contribution >= 0.6 is 11.3 Å². The normalized spacial score (nSPS) is 12.0. The first kappa shape index (κ1) is 15.4. The molecule has 1 unspecified atom stereocenters. The second-order valence-electron chi connectivity index (χ2n) is 4.76. The lowest BCUT2D eigenvalue weighted by Crippen LogP contribution is -2.15. The quantitative estimate of drug-likeness (QED) is 0.887. The minimum atomic E-state index is -0.201. The van der Waals surface area contributed by atoms with Crippen LogP contribution in [0.25, 0.3) is 0 Å². The zero-order valence-corrected chi connectivity index (χ0v) is 13.4. The Morgan fingerprint density at radius 3 is 2.52 bits per heavy atom. The minimum Gasteiger partial charge on any atom is -0.346 e. The third kappa shape index (κ3) is 4.22. The number of nitrogens with one attached hydrogen (secondary N) is 2. The number of amides is 1. The lowest BCUT2D eigenvalue weighted by Gasteiger charge is -2.16. The summed E-state index contributed by atoms with van der Waals surface area (Å²) < 4.78 is 0. The van der Waals surface area contributed by atoms with Crippen LogP contribution in [0.15, 0.2) is 12.1 Å². The number of carbonyl (C=O) groups is 1. The van der Waals surface area contributed by atoms with Crippen molar-refractivity contribution in [2.24, 2.45) is 0 Å². The molecular formula is C14H19N5OS. The van der Waals surface area contributed by atoms with Crippen molar-refractivity contribution in [2.75, 3.05) is 10.6 Å². The molecule has 2 N–H and O–H groups in total. The van der Waals surface area contributed by atoms with Crippen LogP contribution in [0, 0.1) is 13.8 Å². The summed E-state index contributed by atoms with van der Waals surface area (Å²) in [5.41, 5.74) is 0. The summed E-state index contributed by atoms with van der Waals surface area (Å²) in [6, 6.07) is 4.37. The van der Waals surface area contributed by atoms with Crippen molar-refractivity contribution < 1.29 is 4.79 Å². The molecule has 2 aromatic rings. The summed E-state index contributed by atoms with van der Waals surface area (Å²) in [5.74, 6) is 1.11. The smallest absolute Gasteiger partial charge is 0.234 e. The van der Waals surface area contributed by atoms with Gasteiger partial charge in [0.2, 0.25) is 17.8 Å². The van der Waals surface area contributed by atoms with Gasteiger partial charge in [-0.15, -0.1) is 11.3 Å². The highest BCUT2D eigenvalue weighted by Gasteiger charge is 2.14. The maximum Gasteiger partial charge on any atom is 0.234 e. The van der Waals surface area contributed by atoms with Crippen molar-refractivity contribution in [1.29, 1.82) is 0 Å². The maximum atomic E-state index is 11.1. The van der Waals surface area contributed by atoms with Crippen molar-refractivity contribution in [3.05, 3.63) is 27.7 Å². The van der Waals surface area contributed by atoms with Crippen molar-refractivity contribution in [3.63, 3.8) is 0 Å². The zero-order valence-electron chi connectivity index (χ0n) is 12.6. The first-order chi connectivity index (χ1) is 9.97. The minimum absolute atomic E-state index is 0.149. The fraction of sp³-hybridized carbons (Fsp3) is 0.429. The fourth-order valence-electron chi connectivity index (χ4n) is 1.93. The van der Waals surface area contributed by atoms with Gasteiger partial charge in [0.15, 0.2) is 0 Å². The number of anilines is 2. The van der Waals surface area contributed by atoms with Gasteiger partial charge in [0.05, 0.1) is 6.04 Å².